The van der Waals surface area contributed by atoms with Crippen molar-refractivity contribution in [2.75, 3.05) is 18.8 Å². The highest BCUT2D eigenvalue weighted by molar-refractivity contribution is 6.34. The van der Waals surface area contributed by atoms with Crippen LogP contribution in [0.3, 0.4) is 0 Å². The van der Waals surface area contributed by atoms with Crippen LogP contribution >= 0.6 is 11.6 Å². The van der Waals surface area contributed by atoms with Crippen LogP contribution in [0.5, 0.6) is 0 Å². The van der Waals surface area contributed by atoms with Gasteiger partial charge in [-0.3, -0.25) is 9.59 Å². The average molecular weight is 597 g/mol. The van der Waals surface area contributed by atoms with Crippen LogP contribution in [0, 0.1) is 6.92 Å². The van der Waals surface area contributed by atoms with E-state index in [1.807, 2.05) is 0 Å². The number of aromatic nitrogens is 3. The molecule has 3 heterocycles. The summed E-state index contributed by atoms with van der Waals surface area (Å²) in [4.78, 5) is 29.3. The number of aliphatic hydroxyl groups is 1. The third-order valence-corrected chi connectivity index (χ3v) is 7.01. The fraction of sp³-hybridized carbons (Fsp3) is 0.391. The zero-order valence-corrected chi connectivity index (χ0v) is 21.3. The van der Waals surface area contributed by atoms with E-state index in [0.29, 0.717) is 4.90 Å². The van der Waals surface area contributed by atoms with Gasteiger partial charge in [0.2, 0.25) is 5.60 Å². The van der Waals surface area contributed by atoms with Crippen LogP contribution in [0.1, 0.15) is 28.4 Å². The minimum absolute atomic E-state index is 0.0527. The van der Waals surface area contributed by atoms with E-state index in [1.165, 1.54) is 13.0 Å². The average Bonchev–Trinajstić information content (AvgIpc) is 3.41. The molecule has 0 spiro atoms. The SMILES string of the molecule is Cc1cc(-c2cc(C(F)(F)F)c3c(N)ncnn23)cc(C(=O)N[C@@H]2CN(C(=O)[C@@](C)(O)C(F)(F)F)C[C@@H]2F)c1Cl. The molecule has 2 aromatic heterocycles. The smallest absolute Gasteiger partial charge is 0.382 e. The van der Waals surface area contributed by atoms with Crippen LogP contribution < -0.4 is 11.1 Å². The van der Waals surface area contributed by atoms with Gasteiger partial charge in [-0.1, -0.05) is 11.6 Å². The molecule has 4 rings (SSSR count). The molecule has 3 atom stereocenters. The number of halogens is 8. The predicted octanol–water partition coefficient (Wildman–Crippen LogP) is 3.55. The lowest BCUT2D eigenvalue weighted by Crippen LogP contribution is -2.56. The van der Waals surface area contributed by atoms with Gasteiger partial charge < -0.3 is 21.1 Å². The predicted molar refractivity (Wildman–Crippen MR) is 127 cm³/mol. The second-order valence-electron chi connectivity index (χ2n) is 9.38. The Morgan fingerprint density at radius 3 is 2.40 bits per heavy atom. The number of alkyl halides is 7. The molecule has 1 fully saturated rings. The lowest BCUT2D eigenvalue weighted by Gasteiger charge is -2.29. The normalized spacial score (nSPS) is 19.6. The summed E-state index contributed by atoms with van der Waals surface area (Å²) in [6, 6.07) is 1.80. The Morgan fingerprint density at radius 2 is 1.80 bits per heavy atom. The van der Waals surface area contributed by atoms with Gasteiger partial charge in [0.05, 0.1) is 34.4 Å². The van der Waals surface area contributed by atoms with Gasteiger partial charge in [-0.25, -0.2) is 13.9 Å². The highest BCUT2D eigenvalue weighted by atomic mass is 35.5. The molecule has 0 aliphatic carbocycles. The number of rotatable bonds is 4. The first-order chi connectivity index (χ1) is 18.3. The van der Waals surface area contributed by atoms with E-state index in [-0.39, 0.29) is 34.3 Å². The number of hydrogen-bond donors (Lipinski definition) is 3. The molecule has 0 radical (unpaired) electrons. The summed E-state index contributed by atoms with van der Waals surface area (Å²) in [6.45, 7) is 0.166. The molecule has 1 saturated heterocycles. The molecule has 0 unspecified atom stereocenters. The van der Waals surface area contributed by atoms with Gasteiger partial charge in [-0.05, 0) is 37.6 Å². The molecule has 0 saturated carbocycles. The number of carbonyl (C=O) groups excluding carboxylic acids is 2. The Morgan fingerprint density at radius 1 is 1.15 bits per heavy atom. The van der Waals surface area contributed by atoms with Gasteiger partial charge in [-0.15, -0.1) is 0 Å². The van der Waals surface area contributed by atoms with Crippen LogP contribution in [0.15, 0.2) is 24.5 Å². The third-order valence-electron chi connectivity index (χ3n) is 6.50. The van der Waals surface area contributed by atoms with Crippen LogP contribution in [0.4, 0.5) is 36.6 Å². The molecule has 1 aromatic carbocycles. The number of amides is 2. The van der Waals surface area contributed by atoms with E-state index >= 15 is 0 Å². The second kappa shape index (κ2) is 9.76. The van der Waals surface area contributed by atoms with Crippen molar-refractivity contribution in [3.05, 3.63) is 46.2 Å². The van der Waals surface area contributed by atoms with Crippen molar-refractivity contribution < 1.29 is 45.4 Å². The number of anilines is 1. The summed E-state index contributed by atoms with van der Waals surface area (Å²) in [5, 5.41) is 15.6. The number of hydrogen-bond acceptors (Lipinski definition) is 6. The summed E-state index contributed by atoms with van der Waals surface area (Å²) in [5.41, 5.74) is 0.122. The molecular weight excluding hydrogens is 577 g/mol. The van der Waals surface area contributed by atoms with Gasteiger partial charge in [0.15, 0.2) is 5.82 Å². The number of benzene rings is 1. The molecule has 1 aliphatic heterocycles. The van der Waals surface area contributed by atoms with Crippen molar-refractivity contribution >= 4 is 34.7 Å². The number of nitrogens with two attached hydrogens (primary N) is 1. The Kier molecular flexibility index (Phi) is 7.16. The van der Waals surface area contributed by atoms with Crippen molar-refractivity contribution in [1.82, 2.24) is 24.8 Å². The lowest BCUT2D eigenvalue weighted by atomic mass is 10.0. The monoisotopic (exact) mass is 596 g/mol. The molecule has 1 aliphatic rings. The number of nitrogens with zero attached hydrogens (tertiary/aromatic N) is 4. The zero-order valence-electron chi connectivity index (χ0n) is 20.5. The molecule has 2 amide bonds. The summed E-state index contributed by atoms with van der Waals surface area (Å²) < 4.78 is 95.9. The van der Waals surface area contributed by atoms with Gasteiger partial charge in [0.25, 0.3) is 11.8 Å². The Balaban J connectivity index is 1.66. The lowest BCUT2D eigenvalue weighted by molar-refractivity contribution is -0.249. The molecule has 0 bridgehead atoms. The van der Waals surface area contributed by atoms with E-state index < -0.39 is 72.0 Å². The highest BCUT2D eigenvalue weighted by Crippen LogP contribution is 2.40. The van der Waals surface area contributed by atoms with Crippen molar-refractivity contribution in [3.63, 3.8) is 0 Å². The largest absolute Gasteiger partial charge is 0.426 e. The summed E-state index contributed by atoms with van der Waals surface area (Å²) in [6.07, 6.45) is -11.2. The van der Waals surface area contributed by atoms with Gasteiger partial charge in [-0.2, -0.15) is 31.4 Å². The number of aryl methyl sites for hydroxylation is 1. The maximum Gasteiger partial charge on any atom is 0.426 e. The zero-order chi connectivity index (χ0) is 29.9. The minimum Gasteiger partial charge on any atom is -0.382 e. The molecule has 17 heteroatoms. The molecule has 3 aromatic rings. The summed E-state index contributed by atoms with van der Waals surface area (Å²) in [7, 11) is 0. The molecule has 40 heavy (non-hydrogen) atoms. The number of likely N-dealkylation sites (tertiary alicyclic amines) is 1. The Bertz CT molecular complexity index is 1500. The van der Waals surface area contributed by atoms with Crippen molar-refractivity contribution in [3.8, 4) is 11.3 Å². The molecule has 216 valence electrons. The summed E-state index contributed by atoms with van der Waals surface area (Å²) >= 11 is 6.27. The van der Waals surface area contributed by atoms with E-state index in [9.17, 15) is 45.4 Å². The van der Waals surface area contributed by atoms with E-state index in [0.717, 1.165) is 23.0 Å². The Labute approximate surface area is 225 Å². The van der Waals surface area contributed by atoms with Gasteiger partial charge >= 0.3 is 12.4 Å². The van der Waals surface area contributed by atoms with Crippen molar-refractivity contribution in [2.45, 2.75) is 44.0 Å². The quantitative estimate of drug-likeness (QED) is 0.396. The number of nitrogens with one attached hydrogen (secondary N) is 1. The van der Waals surface area contributed by atoms with Gasteiger partial charge in [0.1, 0.15) is 18.0 Å². The van der Waals surface area contributed by atoms with E-state index in [2.05, 4.69) is 15.4 Å². The fourth-order valence-electron chi connectivity index (χ4n) is 4.31. The number of carbonyl (C=O) groups is 2. The van der Waals surface area contributed by atoms with Crippen LogP contribution in [-0.4, -0.2) is 73.5 Å². The van der Waals surface area contributed by atoms with Crippen LogP contribution in [0.25, 0.3) is 16.8 Å². The maximum absolute atomic E-state index is 14.7. The van der Waals surface area contributed by atoms with E-state index in [1.54, 1.807) is 0 Å². The Hall–Kier alpha value is -3.66. The van der Waals surface area contributed by atoms with Crippen LogP contribution in [0.2, 0.25) is 5.02 Å². The number of fused-ring (bicyclic) bond motifs is 1. The summed E-state index contributed by atoms with van der Waals surface area (Å²) in [5.74, 6) is -3.25. The van der Waals surface area contributed by atoms with Gasteiger partial charge in [0, 0.05) is 12.1 Å². The molecule has 9 nitrogen and oxygen atoms in total. The second-order valence-corrected chi connectivity index (χ2v) is 9.76. The molecular formula is C23H20ClF7N6O3. The topological polar surface area (TPSA) is 126 Å². The first kappa shape index (κ1) is 29.3. The minimum atomic E-state index is -5.33. The van der Waals surface area contributed by atoms with Crippen molar-refractivity contribution in [1.29, 1.82) is 0 Å². The number of nitrogen functional groups attached to an aromatic ring is 1. The maximum atomic E-state index is 14.7. The molecule has 4 N–H and O–H groups in total. The first-order valence-corrected chi connectivity index (χ1v) is 11.8. The highest BCUT2D eigenvalue weighted by Gasteiger charge is 2.58. The van der Waals surface area contributed by atoms with Crippen molar-refractivity contribution in [2.24, 2.45) is 0 Å². The first-order valence-electron chi connectivity index (χ1n) is 11.4. The third kappa shape index (κ3) is 5.00. The van der Waals surface area contributed by atoms with Crippen LogP contribution in [-0.2, 0) is 11.0 Å². The fourth-order valence-corrected chi connectivity index (χ4v) is 4.51. The van der Waals surface area contributed by atoms with E-state index in [4.69, 9.17) is 17.3 Å². The standard InChI is InChI=1S/C23H20ClF7N6O3/c1-9-3-10(15-5-12(22(26,27)28)17-18(32)33-8-34-37(15)17)4-11(16(9)24)19(38)35-14-7-36(6-13(14)25)20(39)21(2,40)23(29,30)31/h3-5,8,13-14,40H,6-7H2,1-2H3,(H,35,38)(H2,32,33,34)/t13-,14+,21+/m0/s1.